The van der Waals surface area contributed by atoms with Gasteiger partial charge in [-0.15, -0.1) is 0 Å². The van der Waals surface area contributed by atoms with E-state index in [1.165, 1.54) is 4.90 Å². The summed E-state index contributed by atoms with van der Waals surface area (Å²) in [5.41, 5.74) is 6.75. The second-order valence-electron chi connectivity index (χ2n) is 16.8. The molecule has 0 radical (unpaired) electrons. The zero-order valence-corrected chi connectivity index (χ0v) is 34.6. The van der Waals surface area contributed by atoms with E-state index in [1.807, 2.05) is 66.7 Å². The Bertz CT molecular complexity index is 2360. The van der Waals surface area contributed by atoms with Gasteiger partial charge in [0.2, 0.25) is 9.04 Å². The second-order valence-corrected chi connectivity index (χ2v) is 19.1. The highest BCUT2D eigenvalue weighted by Crippen LogP contribution is 2.46. The summed E-state index contributed by atoms with van der Waals surface area (Å²) in [6.07, 6.45) is 3.61. The molecule has 1 unspecified atom stereocenters. The molecule has 2 aromatic heterocycles. The van der Waals surface area contributed by atoms with Gasteiger partial charge in [0.25, 0.3) is 11.8 Å². The van der Waals surface area contributed by atoms with Crippen LogP contribution in [-0.4, -0.2) is 60.5 Å². The lowest BCUT2D eigenvalue weighted by atomic mass is 9.81. The Morgan fingerprint density at radius 1 is 0.877 bits per heavy atom. The van der Waals surface area contributed by atoms with Crippen molar-refractivity contribution in [3.8, 4) is 11.3 Å². The van der Waals surface area contributed by atoms with Gasteiger partial charge < -0.3 is 19.6 Å². The third-order valence-electron chi connectivity index (χ3n) is 10.6. The van der Waals surface area contributed by atoms with Gasteiger partial charge in [-0.05, 0) is 63.0 Å². The highest BCUT2D eigenvalue weighted by molar-refractivity contribution is 6.80. The molecule has 0 fully saturated rings. The first-order valence-electron chi connectivity index (χ1n) is 19.5. The minimum Gasteiger partial charge on any atom is -0.403 e. The molecule has 1 atom stereocenters. The summed E-state index contributed by atoms with van der Waals surface area (Å²) in [6.45, 7) is 12.8. The molecular formula is C47H50FN5O3Si. The first-order chi connectivity index (χ1) is 27.3. The van der Waals surface area contributed by atoms with Crippen LogP contribution in [0.4, 0.5) is 10.1 Å². The van der Waals surface area contributed by atoms with E-state index < -0.39 is 33.1 Å². The molecule has 0 aliphatic carbocycles. The van der Waals surface area contributed by atoms with Crippen molar-refractivity contribution >= 4 is 53.5 Å². The first-order valence-corrected chi connectivity index (χ1v) is 21.1. The third-order valence-corrected chi connectivity index (χ3v) is 13.1. The van der Waals surface area contributed by atoms with Crippen LogP contribution in [0.25, 0.3) is 27.9 Å². The molecule has 0 bridgehead atoms. The lowest BCUT2D eigenvalue weighted by Gasteiger charge is -2.37. The number of amides is 2. The number of nitrogens with zero attached hydrogens (tertiary/aromatic N) is 3. The van der Waals surface area contributed by atoms with E-state index >= 15 is 0 Å². The summed E-state index contributed by atoms with van der Waals surface area (Å²) in [6, 6.07) is 36.6. The first kappa shape index (κ1) is 39.5. The highest BCUT2D eigenvalue weighted by atomic mass is 28.3. The molecule has 4 aromatic carbocycles. The fraction of sp³-hybridized carbons (Fsp3) is 0.277. The Morgan fingerprint density at radius 2 is 1.54 bits per heavy atom. The number of fused-ring (bicyclic) bond motifs is 1. The largest absolute Gasteiger partial charge is 0.403 e. The number of rotatable bonds is 10. The number of benzene rings is 4. The third kappa shape index (κ3) is 8.67. The number of alkyl halides is 1. The number of aromatic nitrogens is 3. The van der Waals surface area contributed by atoms with Crippen LogP contribution in [0.1, 0.15) is 81.2 Å². The van der Waals surface area contributed by atoms with Crippen molar-refractivity contribution < 1.29 is 18.4 Å². The average Bonchev–Trinajstić information content (AvgIpc) is 3.66. The summed E-state index contributed by atoms with van der Waals surface area (Å²) in [7, 11) is -2.32. The van der Waals surface area contributed by atoms with E-state index in [1.54, 1.807) is 6.33 Å². The predicted octanol–water partition coefficient (Wildman–Crippen LogP) is 8.40. The summed E-state index contributed by atoms with van der Waals surface area (Å²) in [5, 5.41) is 6.40. The van der Waals surface area contributed by atoms with Gasteiger partial charge in [-0.1, -0.05) is 133 Å². The number of halogens is 1. The zero-order chi connectivity index (χ0) is 40.3. The zero-order valence-electron chi connectivity index (χ0n) is 33.5. The van der Waals surface area contributed by atoms with Gasteiger partial charge in [-0.3, -0.25) is 9.59 Å². The number of H-pyrrole nitrogens is 1. The minimum absolute atomic E-state index is 0.0467. The lowest BCUT2D eigenvalue weighted by Crippen LogP contribution is -2.47. The van der Waals surface area contributed by atoms with Crippen molar-refractivity contribution in [2.45, 2.75) is 59.5 Å². The number of hydrogen-bond acceptors (Lipinski definition) is 5. The molecule has 0 saturated carbocycles. The molecule has 10 heteroatoms. The molecule has 7 rings (SSSR count). The van der Waals surface area contributed by atoms with Crippen LogP contribution in [-0.2, 0) is 14.6 Å². The Balaban J connectivity index is 1.38. The van der Waals surface area contributed by atoms with E-state index in [4.69, 9.17) is 9.41 Å². The summed E-state index contributed by atoms with van der Waals surface area (Å²) in [5.74, 6) is -0.723. The minimum atomic E-state index is -2.32. The van der Waals surface area contributed by atoms with Crippen molar-refractivity contribution in [1.82, 2.24) is 19.9 Å². The molecule has 6 aromatic rings. The van der Waals surface area contributed by atoms with Crippen LogP contribution in [0.3, 0.4) is 0 Å². The van der Waals surface area contributed by atoms with Crippen molar-refractivity contribution in [2.24, 2.45) is 5.41 Å². The van der Waals surface area contributed by atoms with Crippen molar-refractivity contribution in [3.63, 3.8) is 0 Å². The highest BCUT2D eigenvalue weighted by Gasteiger charge is 2.36. The second kappa shape index (κ2) is 16.4. The summed E-state index contributed by atoms with van der Waals surface area (Å²) >= 11 is 0. The van der Waals surface area contributed by atoms with Crippen LogP contribution < -0.4 is 15.7 Å². The predicted molar refractivity (Wildman–Crippen MR) is 230 cm³/mol. The fourth-order valence-electron chi connectivity index (χ4n) is 7.48. The van der Waals surface area contributed by atoms with E-state index in [-0.39, 0.29) is 11.3 Å². The smallest absolute Gasteiger partial charge is 0.255 e. The van der Waals surface area contributed by atoms with Gasteiger partial charge in [0.1, 0.15) is 12.0 Å². The summed E-state index contributed by atoms with van der Waals surface area (Å²) in [4.78, 5) is 40.7. The van der Waals surface area contributed by atoms with Gasteiger partial charge in [-0.25, -0.2) is 14.4 Å². The monoisotopic (exact) mass is 779 g/mol. The Kier molecular flexibility index (Phi) is 11.4. The van der Waals surface area contributed by atoms with Crippen LogP contribution in [0.2, 0.25) is 0 Å². The molecular weight excluding hydrogens is 730 g/mol. The molecule has 57 heavy (non-hydrogen) atoms. The molecule has 2 N–H and O–H groups in total. The van der Waals surface area contributed by atoms with E-state index in [0.717, 1.165) is 43.7 Å². The van der Waals surface area contributed by atoms with Crippen molar-refractivity contribution in [1.29, 1.82) is 0 Å². The van der Waals surface area contributed by atoms with Gasteiger partial charge in [0.05, 0.1) is 11.8 Å². The molecule has 2 amide bonds. The van der Waals surface area contributed by atoms with Crippen LogP contribution in [0.15, 0.2) is 122 Å². The number of aromatic amines is 1. The quantitative estimate of drug-likeness (QED) is 0.136. The van der Waals surface area contributed by atoms with Crippen molar-refractivity contribution in [2.75, 3.05) is 25.1 Å². The van der Waals surface area contributed by atoms with Crippen LogP contribution >= 0.6 is 0 Å². The fourth-order valence-corrected chi connectivity index (χ4v) is 10.1. The maximum absolute atomic E-state index is 14.2. The number of carbonyl (C=O) groups is 2. The van der Waals surface area contributed by atoms with Crippen LogP contribution in [0.5, 0.6) is 0 Å². The van der Waals surface area contributed by atoms with Gasteiger partial charge in [0.15, 0.2) is 6.67 Å². The number of nitrogens with one attached hydrogen (secondary N) is 2. The van der Waals surface area contributed by atoms with Crippen LogP contribution in [0, 0.1) is 5.41 Å². The lowest BCUT2D eigenvalue weighted by molar-refractivity contribution is -0.131. The molecule has 3 heterocycles. The molecule has 0 saturated heterocycles. The Hall–Kier alpha value is -5.71. The topological polar surface area (TPSA) is 100 Å². The number of anilines is 1. The van der Waals surface area contributed by atoms with E-state index in [9.17, 15) is 14.0 Å². The maximum Gasteiger partial charge on any atom is 0.255 e. The standard InChI is InChI=1S/C47H50FN5O3Si/c1-46(2,3)33-22-20-32(21-23-33)45(55)52-38-19-13-18-36(42-37-28-39(51-44(37)50-30-49-42)31-24-26-53(27-25-31)40(54)29-48)41(38)43(47(4,5)6)56-57(34-14-9-7-10-15-34)35-16-11-8-12-17-35/h7-24,28,30,43,57H,25-27,29H2,1-6H3,(H,52,55)(H,49,50,51). The molecule has 292 valence electrons. The molecule has 8 nitrogen and oxygen atoms in total. The van der Waals surface area contributed by atoms with E-state index in [0.29, 0.717) is 42.1 Å². The molecule has 1 aliphatic heterocycles. The molecule has 1 aliphatic rings. The average molecular weight is 780 g/mol. The number of hydrogen-bond donors (Lipinski definition) is 2. The van der Waals surface area contributed by atoms with Gasteiger partial charge >= 0.3 is 0 Å². The van der Waals surface area contributed by atoms with Gasteiger partial charge in [0, 0.05) is 46.5 Å². The summed E-state index contributed by atoms with van der Waals surface area (Å²) < 4.78 is 20.7. The maximum atomic E-state index is 14.2. The molecule has 0 spiro atoms. The number of carbonyl (C=O) groups excluding carboxylic acids is 2. The van der Waals surface area contributed by atoms with Gasteiger partial charge in [-0.2, -0.15) is 0 Å². The SMILES string of the molecule is CC(C)(C)c1ccc(C(=O)Nc2cccc(-c3ncnc4[nH]c(C5=CCN(C(=O)CF)CC5)cc34)c2C(O[SiH](c2ccccc2)c2ccccc2)C(C)(C)C)cc1. The normalized spacial score (nSPS) is 14.1. The van der Waals surface area contributed by atoms with Crippen molar-refractivity contribution in [3.05, 3.63) is 144 Å². The Labute approximate surface area is 336 Å². The van der Waals surface area contributed by atoms with E-state index in [2.05, 4.69) is 105 Å². The Morgan fingerprint density at radius 3 is 2.12 bits per heavy atom.